The number of benzene rings is 2. The normalized spacial score (nSPS) is 11.8. The van der Waals surface area contributed by atoms with E-state index < -0.39 is 6.04 Å². The van der Waals surface area contributed by atoms with E-state index in [1.165, 1.54) is 24.2 Å². The number of tetrazole rings is 1. The molecule has 1 atom stereocenters. The number of amides is 1. The number of methoxy groups -OCH3 is 1. The number of rotatable bonds is 10. The van der Waals surface area contributed by atoms with Crippen molar-refractivity contribution in [2.45, 2.75) is 18.9 Å². The van der Waals surface area contributed by atoms with Crippen LogP contribution < -0.4 is 5.32 Å². The Hall–Kier alpha value is -5.00. The molecule has 0 saturated heterocycles. The van der Waals surface area contributed by atoms with Gasteiger partial charge in [-0.2, -0.15) is 9.78 Å². The Kier molecular flexibility index (Phi) is 9.45. The van der Waals surface area contributed by atoms with E-state index in [9.17, 15) is 9.59 Å². The van der Waals surface area contributed by atoms with Crippen molar-refractivity contribution in [3.05, 3.63) is 118 Å². The number of hydrogen-bond acceptors (Lipinski definition) is 9. The van der Waals surface area contributed by atoms with Crippen LogP contribution in [-0.4, -0.2) is 54.4 Å². The highest BCUT2D eigenvalue weighted by molar-refractivity contribution is 6.32. The van der Waals surface area contributed by atoms with Gasteiger partial charge in [-0.15, -0.1) is 10.2 Å². The molecule has 3 heterocycles. The lowest BCUT2D eigenvalue weighted by Gasteiger charge is -2.18. The van der Waals surface area contributed by atoms with Crippen molar-refractivity contribution in [3.63, 3.8) is 0 Å². The Morgan fingerprint density at radius 2 is 1.79 bits per heavy atom. The predicted octanol–water partition coefficient (Wildman–Crippen LogP) is 4.65. The minimum atomic E-state index is -0.556. The Morgan fingerprint density at radius 1 is 1.00 bits per heavy atom. The molecule has 0 saturated carbocycles. The van der Waals surface area contributed by atoms with Gasteiger partial charge in [0, 0.05) is 34.6 Å². The van der Waals surface area contributed by atoms with Crippen LogP contribution in [0.5, 0.6) is 0 Å². The van der Waals surface area contributed by atoms with Gasteiger partial charge in [-0.25, -0.2) is 0 Å². The molecule has 2 aromatic carbocycles. The molecule has 5 aromatic rings. The maximum absolute atomic E-state index is 13.2. The van der Waals surface area contributed by atoms with Crippen LogP contribution in [0.3, 0.4) is 0 Å². The molecular formula is C30H24Cl2N8O3. The van der Waals surface area contributed by atoms with Crippen molar-refractivity contribution in [1.29, 1.82) is 0 Å². The Bertz CT molecular complexity index is 1750. The Labute approximate surface area is 256 Å². The van der Waals surface area contributed by atoms with Gasteiger partial charge in [-0.05, 0) is 76.0 Å². The third-order valence-electron chi connectivity index (χ3n) is 6.47. The van der Waals surface area contributed by atoms with Gasteiger partial charge >= 0.3 is 5.97 Å². The fraction of sp³-hybridized carbons (Fsp3) is 0.133. The molecule has 216 valence electrons. The first-order chi connectivity index (χ1) is 20.9. The molecule has 0 aliphatic heterocycles. The summed E-state index contributed by atoms with van der Waals surface area (Å²) < 4.78 is 6.22. The van der Waals surface area contributed by atoms with Crippen molar-refractivity contribution in [2.24, 2.45) is 0 Å². The summed E-state index contributed by atoms with van der Waals surface area (Å²) in [4.78, 5) is 29.0. The number of pyridine rings is 1. The highest BCUT2D eigenvalue weighted by Gasteiger charge is 2.19. The average molecular weight is 615 g/mol. The van der Waals surface area contributed by atoms with Crippen LogP contribution in [0.1, 0.15) is 28.4 Å². The topological polar surface area (TPSA) is 138 Å². The van der Waals surface area contributed by atoms with Crippen LogP contribution in [0, 0.1) is 0 Å². The van der Waals surface area contributed by atoms with E-state index in [1.807, 2.05) is 36.4 Å². The fourth-order valence-corrected chi connectivity index (χ4v) is 4.70. The van der Waals surface area contributed by atoms with E-state index in [-0.39, 0.29) is 23.5 Å². The van der Waals surface area contributed by atoms with Crippen molar-refractivity contribution in [1.82, 2.24) is 40.7 Å². The lowest BCUT2D eigenvalue weighted by molar-refractivity contribution is -0.139. The number of aromatic nitrogens is 7. The third-order valence-corrected chi connectivity index (χ3v) is 6.99. The molecule has 0 radical (unpaired) electrons. The number of nitrogens with zero attached hydrogens (tertiary/aromatic N) is 7. The van der Waals surface area contributed by atoms with E-state index in [0.29, 0.717) is 34.0 Å². The third kappa shape index (κ3) is 7.64. The summed E-state index contributed by atoms with van der Waals surface area (Å²) in [6, 6.07) is 17.5. The van der Waals surface area contributed by atoms with Crippen LogP contribution >= 0.6 is 23.2 Å². The van der Waals surface area contributed by atoms with Crippen molar-refractivity contribution < 1.29 is 14.3 Å². The Balaban J connectivity index is 1.42. The van der Waals surface area contributed by atoms with Crippen molar-refractivity contribution >= 4 is 41.2 Å². The van der Waals surface area contributed by atoms with Gasteiger partial charge in [0.1, 0.15) is 6.33 Å². The quantitative estimate of drug-likeness (QED) is 0.176. The summed E-state index contributed by atoms with van der Waals surface area (Å²) in [6.45, 7) is 0. The molecule has 43 heavy (non-hydrogen) atoms. The number of carbonyl (C=O) groups excluding carboxylic acids is 2. The first-order valence-corrected chi connectivity index (χ1v) is 13.7. The second kappa shape index (κ2) is 13.8. The molecule has 0 fully saturated rings. The minimum absolute atomic E-state index is 0.157. The maximum atomic E-state index is 13.2. The zero-order valence-corrected chi connectivity index (χ0v) is 24.3. The second-order valence-electron chi connectivity index (χ2n) is 9.34. The molecule has 0 aliphatic carbocycles. The van der Waals surface area contributed by atoms with E-state index in [1.54, 1.807) is 42.7 Å². The summed E-state index contributed by atoms with van der Waals surface area (Å²) in [5, 5.41) is 23.5. The lowest BCUT2D eigenvalue weighted by Crippen LogP contribution is -2.29. The maximum Gasteiger partial charge on any atom is 0.309 e. The van der Waals surface area contributed by atoms with E-state index in [0.717, 1.165) is 16.7 Å². The van der Waals surface area contributed by atoms with Gasteiger partial charge in [0.25, 0.3) is 0 Å². The zero-order valence-electron chi connectivity index (χ0n) is 22.8. The molecule has 3 aromatic heterocycles. The number of nitrogens with one attached hydrogen (secondary N) is 1. The first-order valence-electron chi connectivity index (χ1n) is 13.0. The van der Waals surface area contributed by atoms with Gasteiger partial charge in [-0.1, -0.05) is 47.5 Å². The molecule has 0 aliphatic rings. The molecule has 0 unspecified atom stereocenters. The van der Waals surface area contributed by atoms with Crippen LogP contribution in [-0.2, 0) is 27.2 Å². The van der Waals surface area contributed by atoms with E-state index in [2.05, 4.69) is 36.0 Å². The SMILES string of the molecule is COC(=O)Cc1ccc(-c2cc([C@H](Cc3ccncc3)NC(=O)/C=C/c3cc(Cl)ccc3-n3cnnn3)nnc2Cl)cc1. The standard InChI is InChI=1S/C30H24Cl2N8O3/c1-43-29(42)15-19-2-4-21(5-3-19)24-17-26(36-37-30(24)32)25(14-20-10-12-33-13-11-20)35-28(41)9-6-22-16-23(31)7-8-27(22)40-18-34-38-39-40/h2-13,16-18,25H,14-15H2,1H3,(H,35,41)/b9-6+/t25-/m0/s1. The van der Waals surface area contributed by atoms with Gasteiger partial charge in [0.2, 0.25) is 5.91 Å². The van der Waals surface area contributed by atoms with E-state index in [4.69, 9.17) is 27.9 Å². The molecular weight excluding hydrogens is 591 g/mol. The molecule has 1 amide bonds. The summed E-state index contributed by atoms with van der Waals surface area (Å²) in [5.74, 6) is -0.698. The predicted molar refractivity (Wildman–Crippen MR) is 160 cm³/mol. The summed E-state index contributed by atoms with van der Waals surface area (Å²) in [6.07, 6.45) is 8.44. The smallest absolute Gasteiger partial charge is 0.309 e. The summed E-state index contributed by atoms with van der Waals surface area (Å²) in [7, 11) is 1.35. The molecule has 5 rings (SSSR count). The van der Waals surface area contributed by atoms with Crippen LogP contribution in [0.25, 0.3) is 22.9 Å². The summed E-state index contributed by atoms with van der Waals surface area (Å²) >= 11 is 12.7. The molecule has 0 spiro atoms. The van der Waals surface area contributed by atoms with Gasteiger partial charge in [0.05, 0.1) is 31.0 Å². The molecule has 13 heteroatoms. The monoisotopic (exact) mass is 614 g/mol. The number of esters is 1. The fourth-order valence-electron chi connectivity index (χ4n) is 4.31. The second-order valence-corrected chi connectivity index (χ2v) is 10.1. The Morgan fingerprint density at radius 3 is 2.51 bits per heavy atom. The van der Waals surface area contributed by atoms with Crippen molar-refractivity contribution in [2.75, 3.05) is 7.11 Å². The highest BCUT2D eigenvalue weighted by atomic mass is 35.5. The number of ether oxygens (including phenoxy) is 1. The van der Waals surface area contributed by atoms with Gasteiger partial charge in [0.15, 0.2) is 5.15 Å². The van der Waals surface area contributed by atoms with Crippen LogP contribution in [0.2, 0.25) is 10.2 Å². The molecule has 1 N–H and O–H groups in total. The molecule has 11 nitrogen and oxygen atoms in total. The highest BCUT2D eigenvalue weighted by Crippen LogP contribution is 2.29. The minimum Gasteiger partial charge on any atom is -0.469 e. The summed E-state index contributed by atoms with van der Waals surface area (Å²) in [5.41, 5.74) is 4.94. The number of carbonyl (C=O) groups is 2. The van der Waals surface area contributed by atoms with Gasteiger partial charge < -0.3 is 10.1 Å². The number of hydrogen-bond donors (Lipinski definition) is 1. The number of halogens is 2. The molecule has 0 bridgehead atoms. The average Bonchev–Trinajstić information content (AvgIpc) is 3.56. The lowest BCUT2D eigenvalue weighted by atomic mass is 10.00. The van der Waals surface area contributed by atoms with E-state index >= 15 is 0 Å². The van der Waals surface area contributed by atoms with Crippen molar-refractivity contribution in [3.8, 4) is 16.8 Å². The largest absolute Gasteiger partial charge is 0.469 e. The van der Waals surface area contributed by atoms with Crippen LogP contribution in [0.15, 0.2) is 85.5 Å². The zero-order chi connectivity index (χ0) is 30.2. The van der Waals surface area contributed by atoms with Crippen LogP contribution in [0.4, 0.5) is 0 Å². The van der Waals surface area contributed by atoms with Gasteiger partial charge in [-0.3, -0.25) is 14.6 Å². The first kappa shape index (κ1) is 29.5.